The van der Waals surface area contributed by atoms with Crippen LogP contribution in [0.15, 0.2) is 67.3 Å². The minimum absolute atomic E-state index is 0.0809. The number of carbonyl (C=O) groups is 1. The van der Waals surface area contributed by atoms with Crippen LogP contribution in [0.2, 0.25) is 10.0 Å². The second-order valence-corrected chi connectivity index (χ2v) is 15.1. The van der Waals surface area contributed by atoms with Gasteiger partial charge in [-0.05, 0) is 94.0 Å². The number of halogens is 2. The highest BCUT2D eigenvalue weighted by Crippen LogP contribution is 2.33. The van der Waals surface area contributed by atoms with Crippen molar-refractivity contribution in [3.63, 3.8) is 0 Å². The molecular formula is C40H46Cl2N8O2. The van der Waals surface area contributed by atoms with Gasteiger partial charge in [-0.3, -0.25) is 9.69 Å². The molecule has 0 radical (unpaired) electrons. The van der Waals surface area contributed by atoms with Crippen LogP contribution >= 0.6 is 23.2 Å². The average Bonchev–Trinajstić information content (AvgIpc) is 3.66. The molecule has 4 aromatic rings. The smallest absolute Gasteiger partial charge is 0.224 e. The second kappa shape index (κ2) is 17.3. The predicted octanol–water partition coefficient (Wildman–Crippen LogP) is 7.79. The Kier molecular flexibility index (Phi) is 12.8. The van der Waals surface area contributed by atoms with Crippen LogP contribution in [0.1, 0.15) is 69.2 Å². The Morgan fingerprint density at radius 1 is 0.904 bits per heavy atom. The maximum atomic E-state index is 11.5. The molecule has 0 saturated carbocycles. The number of nitrogens with one attached hydrogen (secondary N) is 1. The summed E-state index contributed by atoms with van der Waals surface area (Å²) < 4.78 is 7.61. The summed E-state index contributed by atoms with van der Waals surface area (Å²) in [7, 11) is 0. The Bertz CT molecular complexity index is 1880. The fraction of sp³-hybridized carbons (Fsp3) is 0.425. The molecule has 0 unspecified atom stereocenters. The summed E-state index contributed by atoms with van der Waals surface area (Å²) in [6.45, 7) is 13.8. The Labute approximate surface area is 316 Å². The Balaban J connectivity index is 0.000000212. The number of piperazine rings is 1. The van der Waals surface area contributed by atoms with Crippen LogP contribution in [0, 0.1) is 22.7 Å². The zero-order valence-electron chi connectivity index (χ0n) is 30.3. The molecule has 52 heavy (non-hydrogen) atoms. The minimum atomic E-state index is -0.612. The first kappa shape index (κ1) is 38.6. The van der Waals surface area contributed by atoms with E-state index in [0.717, 1.165) is 85.8 Å². The molecule has 0 aliphatic carbocycles. The number of nitriles is 2. The van der Waals surface area contributed by atoms with Crippen LogP contribution in [0.5, 0.6) is 5.75 Å². The molecule has 2 aliphatic rings. The van der Waals surface area contributed by atoms with Gasteiger partial charge in [0.2, 0.25) is 5.91 Å². The molecule has 1 fully saturated rings. The third-order valence-electron chi connectivity index (χ3n) is 9.56. The van der Waals surface area contributed by atoms with Crippen LogP contribution in [0.3, 0.4) is 0 Å². The van der Waals surface area contributed by atoms with E-state index in [1.54, 1.807) is 11.0 Å². The van der Waals surface area contributed by atoms with Crippen molar-refractivity contribution in [2.24, 2.45) is 0 Å². The van der Waals surface area contributed by atoms with Crippen molar-refractivity contribution in [2.45, 2.75) is 70.8 Å². The van der Waals surface area contributed by atoms with Gasteiger partial charge in [0.15, 0.2) is 0 Å². The highest BCUT2D eigenvalue weighted by molar-refractivity contribution is 6.43. The normalized spacial score (nSPS) is 14.7. The highest BCUT2D eigenvalue weighted by Gasteiger charge is 2.26. The number of hydrogen-bond donors (Lipinski definition) is 1. The molecule has 3 aromatic carbocycles. The van der Waals surface area contributed by atoms with Gasteiger partial charge >= 0.3 is 0 Å². The van der Waals surface area contributed by atoms with Crippen molar-refractivity contribution >= 4 is 40.5 Å². The molecular weight excluding hydrogens is 695 g/mol. The summed E-state index contributed by atoms with van der Waals surface area (Å²) in [5.41, 5.74) is 4.69. The number of aromatic nitrogens is 3. The average molecular weight is 742 g/mol. The number of nitrogens with zero attached hydrogens (tertiary/aromatic N) is 7. The van der Waals surface area contributed by atoms with E-state index < -0.39 is 10.8 Å². The fourth-order valence-electron chi connectivity index (χ4n) is 6.15. The summed E-state index contributed by atoms with van der Waals surface area (Å²) >= 11 is 12.5. The Hall–Kier alpha value is -4.61. The van der Waals surface area contributed by atoms with Gasteiger partial charge in [-0.1, -0.05) is 53.5 Å². The molecule has 6 rings (SSSR count). The number of fused-ring (bicyclic) bond motifs is 1. The number of unbranched alkanes of at least 4 members (excludes halogenated alkanes) is 1. The van der Waals surface area contributed by atoms with Crippen LogP contribution in [-0.2, 0) is 28.6 Å². The third-order valence-corrected chi connectivity index (χ3v) is 10.4. The standard InChI is InChI=1S/C23H27Cl2N3O2.C17H19N5/c24-19-4-3-5-21(23(19)25)28-13-11-27(12-14-28)10-1-2-15-30-18-8-6-17-7-9-22(29)26-20(17)16-18;1-16(2,9-18)14-5-13(8-22-12-20-11-21-22)6-15(7-14)17(3,4)10-19/h3-6,8,16H,1-2,7,9-15H2,(H,26,29);5-7,11-12H,8H2,1-4H3. The second-order valence-electron chi connectivity index (χ2n) is 14.3. The van der Waals surface area contributed by atoms with Gasteiger partial charge in [-0.15, -0.1) is 0 Å². The van der Waals surface area contributed by atoms with Crippen LogP contribution in [0.4, 0.5) is 11.4 Å². The molecule has 0 bridgehead atoms. The molecule has 10 nitrogen and oxygen atoms in total. The lowest BCUT2D eigenvalue weighted by Crippen LogP contribution is -2.46. The van der Waals surface area contributed by atoms with Crippen LogP contribution < -0.4 is 15.0 Å². The number of rotatable bonds is 11. The molecule has 1 aromatic heterocycles. The maximum Gasteiger partial charge on any atom is 0.224 e. The van der Waals surface area contributed by atoms with E-state index >= 15 is 0 Å². The molecule has 1 N–H and O–H groups in total. The summed E-state index contributed by atoms with van der Waals surface area (Å²) in [5.74, 6) is 0.903. The zero-order valence-corrected chi connectivity index (χ0v) is 31.8. The summed E-state index contributed by atoms with van der Waals surface area (Å²) in [4.78, 5) is 20.3. The van der Waals surface area contributed by atoms with Crippen molar-refractivity contribution in [1.29, 1.82) is 10.5 Å². The topological polar surface area (TPSA) is 123 Å². The number of hydrogen-bond acceptors (Lipinski definition) is 8. The van der Waals surface area contributed by atoms with Gasteiger partial charge in [-0.2, -0.15) is 15.6 Å². The SMILES string of the molecule is CC(C)(C#N)c1cc(Cn2cncn2)cc(C(C)(C)C#N)c1.O=C1CCc2ccc(OCCCCN3CCN(c4cccc(Cl)c4Cl)CC3)cc2N1. The lowest BCUT2D eigenvalue weighted by molar-refractivity contribution is -0.116. The quantitative estimate of drug-likeness (QED) is 0.155. The third kappa shape index (κ3) is 10.0. The molecule has 1 amide bonds. The molecule has 272 valence electrons. The zero-order chi connectivity index (χ0) is 37.3. The first-order valence-corrected chi connectivity index (χ1v) is 18.4. The molecule has 3 heterocycles. The van der Waals surface area contributed by atoms with Crippen molar-refractivity contribution in [1.82, 2.24) is 19.7 Å². The Morgan fingerprint density at radius 2 is 1.62 bits per heavy atom. The number of ether oxygens (including phenoxy) is 1. The van der Waals surface area contributed by atoms with Crippen molar-refractivity contribution in [2.75, 3.05) is 49.5 Å². The lowest BCUT2D eigenvalue weighted by Gasteiger charge is -2.36. The van der Waals surface area contributed by atoms with Crippen LogP contribution in [-0.4, -0.2) is 64.9 Å². The predicted molar refractivity (Wildman–Crippen MR) is 206 cm³/mol. The maximum absolute atomic E-state index is 11.5. The van der Waals surface area contributed by atoms with Crippen molar-refractivity contribution in [3.05, 3.63) is 99.6 Å². The van der Waals surface area contributed by atoms with E-state index in [9.17, 15) is 15.3 Å². The van der Waals surface area contributed by atoms with Gasteiger partial charge in [0.05, 0.1) is 51.9 Å². The first-order valence-electron chi connectivity index (χ1n) is 17.7. The summed E-state index contributed by atoms with van der Waals surface area (Å²) in [6, 6.07) is 22.4. The van der Waals surface area contributed by atoms with Crippen LogP contribution in [0.25, 0.3) is 0 Å². The number of carbonyl (C=O) groups excluding carboxylic acids is 1. The van der Waals surface area contributed by atoms with E-state index in [4.69, 9.17) is 27.9 Å². The first-order chi connectivity index (χ1) is 24.9. The highest BCUT2D eigenvalue weighted by atomic mass is 35.5. The largest absolute Gasteiger partial charge is 0.494 e. The van der Waals surface area contributed by atoms with E-state index in [1.165, 1.54) is 11.9 Å². The fourth-order valence-corrected chi connectivity index (χ4v) is 6.57. The van der Waals surface area contributed by atoms with E-state index in [2.05, 4.69) is 43.4 Å². The van der Waals surface area contributed by atoms with E-state index in [-0.39, 0.29) is 5.91 Å². The Morgan fingerprint density at radius 3 is 2.27 bits per heavy atom. The van der Waals surface area contributed by atoms with E-state index in [0.29, 0.717) is 29.6 Å². The molecule has 12 heteroatoms. The molecule has 0 spiro atoms. The van der Waals surface area contributed by atoms with Gasteiger partial charge < -0.3 is 15.0 Å². The van der Waals surface area contributed by atoms with Gasteiger partial charge in [0, 0.05) is 44.4 Å². The molecule has 0 atom stereocenters. The van der Waals surface area contributed by atoms with Crippen molar-refractivity contribution < 1.29 is 9.53 Å². The number of aryl methyl sites for hydroxylation is 1. The van der Waals surface area contributed by atoms with Crippen molar-refractivity contribution in [3.8, 4) is 17.9 Å². The monoisotopic (exact) mass is 740 g/mol. The van der Waals surface area contributed by atoms with Gasteiger partial charge in [0.1, 0.15) is 18.4 Å². The van der Waals surface area contributed by atoms with Gasteiger partial charge in [0.25, 0.3) is 0 Å². The number of benzene rings is 3. The van der Waals surface area contributed by atoms with Gasteiger partial charge in [-0.25, -0.2) is 9.67 Å². The minimum Gasteiger partial charge on any atom is -0.494 e. The molecule has 2 aliphatic heterocycles. The summed E-state index contributed by atoms with van der Waals surface area (Å²) in [6.07, 6.45) is 6.61. The number of anilines is 2. The van der Waals surface area contributed by atoms with E-state index in [1.807, 2.05) is 76.2 Å². The molecule has 1 saturated heterocycles. The number of amides is 1. The summed E-state index contributed by atoms with van der Waals surface area (Å²) in [5, 5.41) is 27.1. The lowest BCUT2D eigenvalue weighted by atomic mass is 9.79.